The van der Waals surface area contributed by atoms with E-state index in [4.69, 9.17) is 14.2 Å². The van der Waals surface area contributed by atoms with Crippen LogP contribution >= 0.6 is 11.8 Å². The number of aliphatic hydroxyl groups is 3. The Bertz CT molecular complexity index is 842. The molecule has 0 aromatic carbocycles. The van der Waals surface area contributed by atoms with E-state index in [1.807, 2.05) is 13.8 Å². The van der Waals surface area contributed by atoms with Crippen molar-refractivity contribution in [1.29, 1.82) is 0 Å². The van der Waals surface area contributed by atoms with Gasteiger partial charge in [-0.2, -0.15) is 0 Å². The number of carbonyl (C=O) groups excluding carboxylic acids is 3. The first-order valence-electron chi connectivity index (χ1n) is 14.4. The summed E-state index contributed by atoms with van der Waals surface area (Å²) >= 11 is 1.20. The molecule has 2 amide bonds. The second kappa shape index (κ2) is 15.5. The molecule has 3 aliphatic rings. The second-order valence-electron chi connectivity index (χ2n) is 11.4. The zero-order valence-electron chi connectivity index (χ0n) is 24.0. The lowest BCUT2D eigenvalue weighted by atomic mass is 9.86. The summed E-state index contributed by atoms with van der Waals surface area (Å²) in [6.45, 7) is 7.06. The topological polar surface area (TPSA) is 167 Å². The lowest BCUT2D eigenvalue weighted by Crippen LogP contribution is -2.65. The molecule has 3 saturated heterocycles. The minimum Gasteiger partial charge on any atom is -0.428 e. The highest BCUT2D eigenvalue weighted by molar-refractivity contribution is 7.99. The number of hydrogen-bond acceptors (Lipinski definition) is 11. The molecule has 0 aromatic rings. The molecule has 8 atom stereocenters. The van der Waals surface area contributed by atoms with E-state index in [1.54, 1.807) is 6.26 Å². The van der Waals surface area contributed by atoms with E-state index in [0.29, 0.717) is 25.8 Å². The average Bonchev–Trinajstić information content (AvgIpc) is 2.95. The van der Waals surface area contributed by atoms with Gasteiger partial charge >= 0.3 is 12.1 Å². The molecule has 12 nitrogen and oxygen atoms in total. The molecule has 13 heteroatoms. The molecule has 3 heterocycles. The van der Waals surface area contributed by atoms with Gasteiger partial charge in [-0.05, 0) is 56.9 Å². The number of likely N-dealkylation sites (tertiary alicyclic amines) is 1. The van der Waals surface area contributed by atoms with Crippen LogP contribution in [0.1, 0.15) is 59.3 Å². The molecule has 0 bridgehead atoms. The van der Waals surface area contributed by atoms with Crippen LogP contribution in [0.3, 0.4) is 0 Å². The Morgan fingerprint density at radius 2 is 1.77 bits per heavy atom. The molecule has 40 heavy (non-hydrogen) atoms. The van der Waals surface area contributed by atoms with Crippen LogP contribution in [-0.4, -0.2) is 113 Å². The van der Waals surface area contributed by atoms with Gasteiger partial charge < -0.3 is 40.2 Å². The highest BCUT2D eigenvalue weighted by atomic mass is 32.2. The number of ether oxygens (including phenoxy) is 3. The van der Waals surface area contributed by atoms with Gasteiger partial charge in [0.1, 0.15) is 35.9 Å². The van der Waals surface area contributed by atoms with Crippen LogP contribution in [0.5, 0.6) is 0 Å². The van der Waals surface area contributed by atoms with E-state index in [0.717, 1.165) is 32.4 Å². The van der Waals surface area contributed by atoms with Crippen LogP contribution in [0.15, 0.2) is 0 Å². The van der Waals surface area contributed by atoms with Crippen molar-refractivity contribution in [3.63, 3.8) is 0 Å². The summed E-state index contributed by atoms with van der Waals surface area (Å²) in [4.78, 5) is 40.5. The van der Waals surface area contributed by atoms with Gasteiger partial charge in [0.15, 0.2) is 0 Å². The number of piperidine rings is 2. The first-order chi connectivity index (χ1) is 19.1. The minimum absolute atomic E-state index is 0.196. The summed E-state index contributed by atoms with van der Waals surface area (Å²) in [5.41, 5.74) is -0.774. The molecule has 8 unspecified atom stereocenters. The number of esters is 1. The number of nitrogens with zero attached hydrogens (tertiary/aromatic N) is 1. The van der Waals surface area contributed by atoms with Crippen molar-refractivity contribution < 1.29 is 43.9 Å². The standard InChI is InChI=1S/C27H47N3O9S/c1-5-6-16-9-12-30(27(36)38-14-37-25(35)17-7-10-28-11-8-17)18(13-16)24(34)29-19(15(2)3)23-21(32)20(31)22(33)26(39-23)40-4/h15-23,26,28,31-33H,5-14H2,1-4H3,(H,29,34). The van der Waals surface area contributed by atoms with Crippen LogP contribution < -0.4 is 10.6 Å². The van der Waals surface area contributed by atoms with E-state index in [1.165, 1.54) is 16.7 Å². The maximum Gasteiger partial charge on any atom is 0.413 e. The molecule has 3 fully saturated rings. The number of carbonyl (C=O) groups is 3. The van der Waals surface area contributed by atoms with Gasteiger partial charge in [0.25, 0.3) is 0 Å². The maximum absolute atomic E-state index is 13.7. The summed E-state index contributed by atoms with van der Waals surface area (Å²) in [5, 5.41) is 37.6. The first-order valence-corrected chi connectivity index (χ1v) is 15.7. The predicted molar refractivity (Wildman–Crippen MR) is 148 cm³/mol. The highest BCUT2D eigenvalue weighted by Gasteiger charge is 2.48. The average molecular weight is 590 g/mol. The Hall–Kier alpha value is -1.64. The van der Waals surface area contributed by atoms with E-state index in [-0.39, 0.29) is 17.8 Å². The van der Waals surface area contributed by atoms with Crippen molar-refractivity contribution in [2.24, 2.45) is 17.8 Å². The number of rotatable bonds is 10. The fourth-order valence-corrected chi connectivity index (χ4v) is 6.51. The number of aliphatic hydroxyl groups excluding tert-OH is 3. The third kappa shape index (κ3) is 8.22. The van der Waals surface area contributed by atoms with Gasteiger partial charge in [-0.25, -0.2) is 4.79 Å². The van der Waals surface area contributed by atoms with Gasteiger partial charge in [-0.1, -0.05) is 33.6 Å². The van der Waals surface area contributed by atoms with Crippen molar-refractivity contribution in [2.45, 2.75) is 101 Å². The fraction of sp³-hybridized carbons (Fsp3) is 0.889. The molecule has 0 saturated carbocycles. The molecule has 3 rings (SSSR count). The quantitative estimate of drug-likeness (QED) is 0.181. The number of nitrogens with one attached hydrogen (secondary N) is 2. The Kier molecular flexibility index (Phi) is 12.8. The molecular formula is C27H47N3O9S. The molecule has 230 valence electrons. The van der Waals surface area contributed by atoms with Crippen molar-refractivity contribution >= 4 is 29.7 Å². The molecular weight excluding hydrogens is 542 g/mol. The van der Waals surface area contributed by atoms with E-state index in [9.17, 15) is 29.7 Å². The third-order valence-electron chi connectivity index (χ3n) is 8.22. The molecule has 0 aliphatic carbocycles. The van der Waals surface area contributed by atoms with Gasteiger partial charge in [0, 0.05) is 6.54 Å². The van der Waals surface area contributed by atoms with Gasteiger partial charge in [-0.15, -0.1) is 11.8 Å². The molecule has 3 aliphatic heterocycles. The number of thioether (sulfide) groups is 1. The molecule has 0 radical (unpaired) electrons. The predicted octanol–water partition coefficient (Wildman–Crippen LogP) is 0.815. The smallest absolute Gasteiger partial charge is 0.413 e. The van der Waals surface area contributed by atoms with Crippen LogP contribution in [0.4, 0.5) is 4.79 Å². The fourth-order valence-electron chi connectivity index (χ4n) is 5.83. The largest absolute Gasteiger partial charge is 0.428 e. The highest BCUT2D eigenvalue weighted by Crippen LogP contribution is 2.32. The Morgan fingerprint density at radius 1 is 1.07 bits per heavy atom. The molecule has 0 spiro atoms. The lowest BCUT2D eigenvalue weighted by molar-refractivity contribution is -0.208. The summed E-state index contributed by atoms with van der Waals surface area (Å²) in [5.74, 6) is -0.987. The monoisotopic (exact) mass is 589 g/mol. The molecule has 0 aromatic heterocycles. The van der Waals surface area contributed by atoms with Crippen molar-refractivity contribution in [3.05, 3.63) is 0 Å². The Balaban J connectivity index is 1.68. The van der Waals surface area contributed by atoms with Crippen LogP contribution in [0.25, 0.3) is 0 Å². The minimum atomic E-state index is -1.43. The summed E-state index contributed by atoms with van der Waals surface area (Å²) < 4.78 is 16.4. The van der Waals surface area contributed by atoms with E-state index >= 15 is 0 Å². The van der Waals surface area contributed by atoms with Crippen LogP contribution in [0.2, 0.25) is 0 Å². The summed E-state index contributed by atoms with van der Waals surface area (Å²) in [7, 11) is 0. The summed E-state index contributed by atoms with van der Waals surface area (Å²) in [6, 6.07) is -1.53. The Morgan fingerprint density at radius 3 is 2.40 bits per heavy atom. The van der Waals surface area contributed by atoms with E-state index < -0.39 is 66.7 Å². The van der Waals surface area contributed by atoms with Gasteiger partial charge in [-0.3, -0.25) is 14.5 Å². The first kappa shape index (κ1) is 32.9. The number of hydrogen-bond donors (Lipinski definition) is 5. The SMILES string of the molecule is CCCC1CCN(C(=O)OCOC(=O)C2CCNCC2)C(C(=O)NC(C(C)C)C2OC(SC)C(O)C(O)C2O)C1. The Labute approximate surface area is 240 Å². The van der Waals surface area contributed by atoms with Crippen molar-refractivity contribution in [2.75, 3.05) is 32.7 Å². The molecule has 5 N–H and O–H groups in total. The zero-order chi connectivity index (χ0) is 29.4. The zero-order valence-corrected chi connectivity index (χ0v) is 24.8. The van der Waals surface area contributed by atoms with E-state index in [2.05, 4.69) is 17.6 Å². The van der Waals surface area contributed by atoms with Crippen LogP contribution in [0, 0.1) is 17.8 Å². The lowest BCUT2D eigenvalue weighted by Gasteiger charge is -2.45. The second-order valence-corrected chi connectivity index (χ2v) is 12.3. The number of amides is 2. The normalized spacial score (nSPS) is 32.4. The maximum atomic E-state index is 13.7. The van der Waals surface area contributed by atoms with Gasteiger partial charge in [0.05, 0.1) is 12.0 Å². The third-order valence-corrected chi connectivity index (χ3v) is 9.08. The van der Waals surface area contributed by atoms with Crippen molar-refractivity contribution in [3.8, 4) is 0 Å². The summed E-state index contributed by atoms with van der Waals surface area (Å²) in [6.07, 6.45) is 0.270. The van der Waals surface area contributed by atoms with Gasteiger partial charge in [0.2, 0.25) is 12.7 Å². The van der Waals surface area contributed by atoms with Crippen LogP contribution in [-0.2, 0) is 23.8 Å². The van der Waals surface area contributed by atoms with Crippen molar-refractivity contribution in [1.82, 2.24) is 15.5 Å².